The van der Waals surface area contributed by atoms with Gasteiger partial charge in [-0.05, 0) is 56.9 Å². The molecule has 2 atom stereocenters. The molecule has 0 spiro atoms. The minimum absolute atomic E-state index is 0.223. The number of halogens is 1. The highest BCUT2D eigenvalue weighted by Gasteiger charge is 2.34. The third kappa shape index (κ3) is 3.04. The summed E-state index contributed by atoms with van der Waals surface area (Å²) in [6, 6.07) is 5.23. The molecule has 1 aliphatic rings. The molecule has 1 N–H and O–H groups in total. The summed E-state index contributed by atoms with van der Waals surface area (Å²) >= 11 is 3.67. The number of piperazine rings is 1. The molecule has 2 nitrogen and oxygen atoms in total. The normalized spacial score (nSPS) is 26.9. The Balaban J connectivity index is 2.36. The maximum absolute atomic E-state index is 3.74. The number of hydrogen-bond donors (Lipinski definition) is 1. The summed E-state index contributed by atoms with van der Waals surface area (Å²) in [4.78, 5) is 2.60. The van der Waals surface area contributed by atoms with Crippen molar-refractivity contribution in [1.82, 2.24) is 5.32 Å². The van der Waals surface area contributed by atoms with Gasteiger partial charge in [0, 0.05) is 34.8 Å². The van der Waals surface area contributed by atoms with E-state index in [0.717, 1.165) is 19.5 Å². The molecular weight excluding hydrogens is 312 g/mol. The molecule has 0 amide bonds. The Morgan fingerprint density at radius 3 is 2.40 bits per heavy atom. The fourth-order valence-electron chi connectivity index (χ4n) is 3.03. The molecule has 0 radical (unpaired) electrons. The van der Waals surface area contributed by atoms with E-state index in [1.165, 1.54) is 27.7 Å². The Kier molecular flexibility index (Phi) is 4.80. The molecule has 0 aromatic heterocycles. The fourth-order valence-corrected chi connectivity index (χ4v) is 3.26. The van der Waals surface area contributed by atoms with Gasteiger partial charge in [0.2, 0.25) is 0 Å². The van der Waals surface area contributed by atoms with Crippen LogP contribution in [0.25, 0.3) is 0 Å². The maximum Gasteiger partial charge on any atom is 0.0412 e. The van der Waals surface area contributed by atoms with Crippen molar-refractivity contribution >= 4 is 21.6 Å². The van der Waals surface area contributed by atoms with Crippen LogP contribution in [0.3, 0.4) is 0 Å². The van der Waals surface area contributed by atoms with Crippen LogP contribution in [0.1, 0.15) is 44.7 Å². The highest BCUT2D eigenvalue weighted by atomic mass is 79.9. The lowest BCUT2D eigenvalue weighted by Gasteiger charge is -2.47. The summed E-state index contributed by atoms with van der Waals surface area (Å²) in [7, 11) is 0. The second-order valence-electron chi connectivity index (χ2n) is 6.38. The summed E-state index contributed by atoms with van der Waals surface area (Å²) in [6.07, 6.45) is 2.34. The third-order valence-electron chi connectivity index (χ3n) is 4.73. The molecule has 1 aromatic rings. The lowest BCUT2D eigenvalue weighted by molar-refractivity contribution is 0.276. The predicted octanol–water partition coefficient (Wildman–Crippen LogP) is 4.42. The van der Waals surface area contributed by atoms with Gasteiger partial charge in [-0.2, -0.15) is 0 Å². The van der Waals surface area contributed by atoms with Gasteiger partial charge in [-0.25, -0.2) is 0 Å². The molecule has 0 saturated carbocycles. The van der Waals surface area contributed by atoms with E-state index in [4.69, 9.17) is 0 Å². The van der Waals surface area contributed by atoms with Crippen LogP contribution in [0.2, 0.25) is 0 Å². The fraction of sp³-hybridized carbons (Fsp3) is 0.647. The molecule has 1 heterocycles. The largest absolute Gasteiger partial charge is 0.365 e. The van der Waals surface area contributed by atoms with Gasteiger partial charge in [-0.3, -0.25) is 0 Å². The highest BCUT2D eigenvalue weighted by molar-refractivity contribution is 9.10. The van der Waals surface area contributed by atoms with Crippen LogP contribution < -0.4 is 10.2 Å². The second-order valence-corrected chi connectivity index (χ2v) is 7.17. The third-order valence-corrected chi connectivity index (χ3v) is 5.98. The first kappa shape index (κ1) is 15.8. The van der Waals surface area contributed by atoms with E-state index in [-0.39, 0.29) is 5.54 Å². The summed E-state index contributed by atoms with van der Waals surface area (Å²) in [5.74, 6) is 0. The zero-order chi connectivity index (χ0) is 14.9. The van der Waals surface area contributed by atoms with E-state index < -0.39 is 0 Å². The van der Waals surface area contributed by atoms with Crippen molar-refractivity contribution in [3.8, 4) is 0 Å². The van der Waals surface area contributed by atoms with Gasteiger partial charge < -0.3 is 10.2 Å². The van der Waals surface area contributed by atoms with Crippen molar-refractivity contribution < 1.29 is 0 Å². The average molecular weight is 339 g/mol. The topological polar surface area (TPSA) is 15.3 Å². The van der Waals surface area contributed by atoms with Gasteiger partial charge in [-0.1, -0.05) is 29.8 Å². The maximum atomic E-state index is 3.74. The van der Waals surface area contributed by atoms with Gasteiger partial charge >= 0.3 is 0 Å². The smallest absolute Gasteiger partial charge is 0.0412 e. The number of hydrogen-bond acceptors (Lipinski definition) is 2. The van der Waals surface area contributed by atoms with E-state index >= 15 is 0 Å². The monoisotopic (exact) mass is 338 g/mol. The summed E-state index contributed by atoms with van der Waals surface area (Å²) < 4.78 is 1.24. The lowest BCUT2D eigenvalue weighted by Crippen LogP contribution is -2.62. The Hall–Kier alpha value is -0.540. The number of aryl methyl sites for hydroxylation is 2. The van der Waals surface area contributed by atoms with E-state index in [1.54, 1.807) is 0 Å². The van der Waals surface area contributed by atoms with E-state index in [1.807, 2.05) is 0 Å². The van der Waals surface area contributed by atoms with Crippen LogP contribution in [0, 0.1) is 13.8 Å². The molecule has 112 valence electrons. The zero-order valence-electron chi connectivity index (χ0n) is 13.4. The summed E-state index contributed by atoms with van der Waals surface area (Å²) in [6.45, 7) is 13.4. The Labute approximate surface area is 132 Å². The molecule has 3 heteroatoms. The summed E-state index contributed by atoms with van der Waals surface area (Å²) in [5.41, 5.74) is 4.25. The summed E-state index contributed by atoms with van der Waals surface area (Å²) in [5, 5.41) is 3.74. The number of benzene rings is 1. The standard InChI is InChI=1S/C17H27BrN2/c1-6-14-10-19-17(5,7-2)11-20(14)15-8-12(3)16(18)13(4)9-15/h8-9,14,19H,6-7,10-11H2,1-5H3. The van der Waals surface area contributed by atoms with Crippen molar-refractivity contribution in [2.24, 2.45) is 0 Å². The van der Waals surface area contributed by atoms with E-state index in [0.29, 0.717) is 6.04 Å². The Morgan fingerprint density at radius 1 is 1.30 bits per heavy atom. The molecule has 2 rings (SSSR count). The first-order valence-corrected chi connectivity index (χ1v) is 8.48. The number of nitrogens with one attached hydrogen (secondary N) is 1. The van der Waals surface area contributed by atoms with Gasteiger partial charge in [-0.15, -0.1) is 0 Å². The lowest BCUT2D eigenvalue weighted by atomic mass is 9.92. The SMILES string of the molecule is CCC1CNC(C)(CC)CN1c1cc(C)c(Br)c(C)c1. The van der Waals surface area contributed by atoms with Gasteiger partial charge in [0.05, 0.1) is 0 Å². The second kappa shape index (κ2) is 6.07. The van der Waals surface area contributed by atoms with Crippen LogP contribution in [0.4, 0.5) is 5.69 Å². The molecule has 1 fully saturated rings. The molecule has 0 aliphatic carbocycles. The van der Waals surface area contributed by atoms with Gasteiger partial charge in [0.15, 0.2) is 0 Å². The molecule has 2 unspecified atom stereocenters. The molecule has 0 bridgehead atoms. The molecule has 20 heavy (non-hydrogen) atoms. The van der Waals surface area contributed by atoms with E-state index in [9.17, 15) is 0 Å². The minimum Gasteiger partial charge on any atom is -0.365 e. The zero-order valence-corrected chi connectivity index (χ0v) is 15.0. The van der Waals surface area contributed by atoms with Crippen LogP contribution >= 0.6 is 15.9 Å². The van der Waals surface area contributed by atoms with Crippen LogP contribution in [-0.4, -0.2) is 24.7 Å². The van der Waals surface area contributed by atoms with Gasteiger partial charge in [0.25, 0.3) is 0 Å². The Bertz CT molecular complexity index is 463. The molecule has 1 saturated heterocycles. The van der Waals surface area contributed by atoms with Crippen LogP contribution in [0.15, 0.2) is 16.6 Å². The van der Waals surface area contributed by atoms with Crippen molar-refractivity contribution in [1.29, 1.82) is 0 Å². The number of rotatable bonds is 3. The van der Waals surface area contributed by atoms with Crippen molar-refractivity contribution in [3.05, 3.63) is 27.7 Å². The van der Waals surface area contributed by atoms with Crippen molar-refractivity contribution in [2.45, 2.75) is 59.0 Å². The predicted molar refractivity (Wildman–Crippen MR) is 91.7 cm³/mol. The molecular formula is C17H27BrN2. The minimum atomic E-state index is 0.223. The van der Waals surface area contributed by atoms with Crippen LogP contribution in [-0.2, 0) is 0 Å². The highest BCUT2D eigenvalue weighted by Crippen LogP contribution is 2.31. The molecule has 1 aromatic carbocycles. The average Bonchev–Trinajstić information content (AvgIpc) is 2.44. The van der Waals surface area contributed by atoms with Crippen molar-refractivity contribution in [3.63, 3.8) is 0 Å². The van der Waals surface area contributed by atoms with Crippen molar-refractivity contribution in [2.75, 3.05) is 18.0 Å². The quantitative estimate of drug-likeness (QED) is 0.877. The number of anilines is 1. The van der Waals surface area contributed by atoms with Crippen LogP contribution in [0.5, 0.6) is 0 Å². The molecule has 1 aliphatic heterocycles. The Morgan fingerprint density at radius 2 is 1.90 bits per heavy atom. The van der Waals surface area contributed by atoms with E-state index in [2.05, 4.69) is 72.9 Å². The first-order valence-electron chi connectivity index (χ1n) is 7.68. The first-order chi connectivity index (χ1) is 9.40. The van der Waals surface area contributed by atoms with Gasteiger partial charge in [0.1, 0.15) is 0 Å². The number of nitrogens with zero attached hydrogens (tertiary/aromatic N) is 1.